The number of rotatable bonds is 2. The minimum Gasteiger partial charge on any atom is -0.320 e. The lowest BCUT2D eigenvalue weighted by atomic mass is 9.98. The van der Waals surface area contributed by atoms with Crippen LogP contribution in [0.5, 0.6) is 0 Å². The predicted octanol–water partition coefficient (Wildman–Crippen LogP) is 5.16. The summed E-state index contributed by atoms with van der Waals surface area (Å²) in [5, 5.41) is 3.18. The van der Waals surface area contributed by atoms with Gasteiger partial charge in [-0.15, -0.1) is 11.3 Å². The van der Waals surface area contributed by atoms with Crippen LogP contribution < -0.4 is 5.73 Å². The largest absolute Gasteiger partial charge is 0.320 e. The predicted molar refractivity (Wildman–Crippen MR) is 86.7 cm³/mol. The summed E-state index contributed by atoms with van der Waals surface area (Å²) in [5.74, 6) is -0.210. The summed E-state index contributed by atoms with van der Waals surface area (Å²) in [6.07, 6.45) is 0. The molecule has 0 aliphatic heterocycles. The molecule has 0 fully saturated rings. The van der Waals surface area contributed by atoms with Crippen LogP contribution >= 0.6 is 27.3 Å². The van der Waals surface area contributed by atoms with E-state index in [0.29, 0.717) is 5.56 Å². The summed E-state index contributed by atoms with van der Waals surface area (Å²) in [6.45, 7) is 1.75. The topological polar surface area (TPSA) is 26.0 Å². The third kappa shape index (κ3) is 2.28. The van der Waals surface area contributed by atoms with Crippen LogP contribution in [0.25, 0.3) is 10.1 Å². The maximum Gasteiger partial charge on any atom is 0.126 e. The Morgan fingerprint density at radius 1 is 1.25 bits per heavy atom. The molecule has 3 aromatic rings. The van der Waals surface area contributed by atoms with Gasteiger partial charge in [-0.05, 0) is 62.4 Å². The molecule has 1 atom stereocenters. The zero-order valence-electron chi connectivity index (χ0n) is 10.9. The van der Waals surface area contributed by atoms with Crippen molar-refractivity contribution in [1.82, 2.24) is 0 Å². The first kappa shape index (κ1) is 13.7. The molecule has 102 valence electrons. The van der Waals surface area contributed by atoms with Crippen LogP contribution in [-0.2, 0) is 0 Å². The average Bonchev–Trinajstić information content (AvgIpc) is 2.86. The van der Waals surface area contributed by atoms with Gasteiger partial charge in [-0.2, -0.15) is 0 Å². The number of fused-ring (bicyclic) bond motifs is 1. The van der Waals surface area contributed by atoms with Crippen LogP contribution in [0.2, 0.25) is 0 Å². The first-order valence-electron chi connectivity index (χ1n) is 6.25. The van der Waals surface area contributed by atoms with E-state index < -0.39 is 0 Å². The van der Waals surface area contributed by atoms with Crippen molar-refractivity contribution in [1.29, 1.82) is 0 Å². The second-order valence-corrected chi connectivity index (χ2v) is 6.53. The SMILES string of the molecule is Cc1ccc(C(N)c2csc3c(Br)cccc23)cc1F. The van der Waals surface area contributed by atoms with E-state index >= 15 is 0 Å². The van der Waals surface area contributed by atoms with E-state index in [1.807, 2.05) is 18.2 Å². The van der Waals surface area contributed by atoms with Crippen molar-refractivity contribution in [3.8, 4) is 0 Å². The number of thiophene rings is 1. The first-order valence-corrected chi connectivity index (χ1v) is 7.92. The van der Waals surface area contributed by atoms with Crippen molar-refractivity contribution in [2.45, 2.75) is 13.0 Å². The molecule has 0 bridgehead atoms. The molecule has 2 N–H and O–H groups in total. The Labute approximate surface area is 129 Å². The Bertz CT molecular complexity index is 781. The van der Waals surface area contributed by atoms with E-state index in [-0.39, 0.29) is 11.9 Å². The lowest BCUT2D eigenvalue weighted by molar-refractivity contribution is 0.614. The number of aryl methyl sites for hydroxylation is 1. The molecule has 1 aromatic heterocycles. The van der Waals surface area contributed by atoms with Crippen LogP contribution in [0.15, 0.2) is 46.3 Å². The van der Waals surface area contributed by atoms with Crippen molar-refractivity contribution >= 4 is 37.4 Å². The molecule has 20 heavy (non-hydrogen) atoms. The number of benzene rings is 2. The van der Waals surface area contributed by atoms with Crippen LogP contribution in [-0.4, -0.2) is 0 Å². The van der Waals surface area contributed by atoms with E-state index in [9.17, 15) is 4.39 Å². The fourth-order valence-electron chi connectivity index (χ4n) is 2.26. The van der Waals surface area contributed by atoms with Gasteiger partial charge < -0.3 is 5.73 Å². The molecule has 1 nitrogen and oxygen atoms in total. The van der Waals surface area contributed by atoms with E-state index in [4.69, 9.17) is 5.73 Å². The Balaban J connectivity index is 2.10. The molecule has 4 heteroatoms. The van der Waals surface area contributed by atoms with Gasteiger partial charge in [0.15, 0.2) is 0 Å². The summed E-state index contributed by atoms with van der Waals surface area (Å²) in [5.41, 5.74) is 8.79. The Morgan fingerprint density at radius 2 is 2.05 bits per heavy atom. The second kappa shape index (κ2) is 5.28. The van der Waals surface area contributed by atoms with Gasteiger partial charge >= 0.3 is 0 Å². The second-order valence-electron chi connectivity index (χ2n) is 4.79. The fraction of sp³-hybridized carbons (Fsp3) is 0.125. The first-order chi connectivity index (χ1) is 9.58. The minimum absolute atomic E-state index is 0.210. The Kier molecular flexibility index (Phi) is 3.63. The van der Waals surface area contributed by atoms with Gasteiger partial charge in [0.1, 0.15) is 5.82 Å². The number of nitrogens with two attached hydrogens (primary N) is 1. The third-order valence-electron chi connectivity index (χ3n) is 3.47. The van der Waals surface area contributed by atoms with Gasteiger partial charge in [0, 0.05) is 9.17 Å². The maximum absolute atomic E-state index is 13.7. The van der Waals surface area contributed by atoms with Crippen LogP contribution in [0.1, 0.15) is 22.7 Å². The number of hydrogen-bond acceptors (Lipinski definition) is 2. The monoisotopic (exact) mass is 349 g/mol. The van der Waals surface area contributed by atoms with E-state index in [0.717, 1.165) is 21.0 Å². The summed E-state index contributed by atoms with van der Waals surface area (Å²) in [4.78, 5) is 0. The van der Waals surface area contributed by atoms with Gasteiger partial charge in [0.2, 0.25) is 0 Å². The lowest BCUT2D eigenvalue weighted by Crippen LogP contribution is -2.11. The van der Waals surface area contributed by atoms with Gasteiger partial charge in [-0.1, -0.05) is 24.3 Å². The smallest absolute Gasteiger partial charge is 0.126 e. The zero-order chi connectivity index (χ0) is 14.3. The summed E-state index contributed by atoms with van der Waals surface area (Å²) in [7, 11) is 0. The van der Waals surface area contributed by atoms with Crippen molar-refractivity contribution in [2.24, 2.45) is 5.73 Å². The van der Waals surface area contributed by atoms with Crippen molar-refractivity contribution in [3.63, 3.8) is 0 Å². The highest BCUT2D eigenvalue weighted by Crippen LogP contribution is 2.36. The van der Waals surface area contributed by atoms with Crippen molar-refractivity contribution in [2.75, 3.05) is 0 Å². The number of hydrogen-bond donors (Lipinski definition) is 1. The van der Waals surface area contributed by atoms with Crippen LogP contribution in [0.4, 0.5) is 4.39 Å². The molecule has 0 aliphatic carbocycles. The molecule has 0 saturated heterocycles. The Morgan fingerprint density at radius 3 is 2.80 bits per heavy atom. The molecule has 0 radical (unpaired) electrons. The maximum atomic E-state index is 13.7. The highest BCUT2D eigenvalue weighted by atomic mass is 79.9. The van der Waals surface area contributed by atoms with E-state index in [2.05, 4.69) is 27.4 Å². The van der Waals surface area contributed by atoms with Gasteiger partial charge in [0.25, 0.3) is 0 Å². The quantitative estimate of drug-likeness (QED) is 0.679. The van der Waals surface area contributed by atoms with Crippen molar-refractivity contribution < 1.29 is 4.39 Å². The lowest BCUT2D eigenvalue weighted by Gasteiger charge is -2.12. The van der Waals surface area contributed by atoms with Crippen LogP contribution in [0.3, 0.4) is 0 Å². The van der Waals surface area contributed by atoms with Gasteiger partial charge in [-0.3, -0.25) is 0 Å². The van der Waals surface area contributed by atoms with E-state index in [1.165, 1.54) is 10.8 Å². The Hall–Kier alpha value is -1.23. The van der Waals surface area contributed by atoms with Crippen LogP contribution in [0, 0.1) is 12.7 Å². The van der Waals surface area contributed by atoms with E-state index in [1.54, 1.807) is 24.3 Å². The molecule has 0 aliphatic rings. The van der Waals surface area contributed by atoms with Gasteiger partial charge in [-0.25, -0.2) is 4.39 Å². The molecule has 2 aromatic carbocycles. The highest BCUT2D eigenvalue weighted by Gasteiger charge is 2.16. The average molecular weight is 350 g/mol. The molecule has 1 unspecified atom stereocenters. The summed E-state index contributed by atoms with van der Waals surface area (Å²) in [6, 6.07) is 10.9. The normalized spacial score (nSPS) is 12.8. The fourth-order valence-corrected chi connectivity index (χ4v) is 3.92. The number of halogens is 2. The molecule has 0 saturated carbocycles. The summed E-state index contributed by atoms with van der Waals surface area (Å²) >= 11 is 5.20. The van der Waals surface area contributed by atoms with Gasteiger partial charge in [0.05, 0.1) is 6.04 Å². The molecule has 3 rings (SSSR count). The molecular weight excluding hydrogens is 337 g/mol. The van der Waals surface area contributed by atoms with Crippen molar-refractivity contribution in [3.05, 3.63) is 68.8 Å². The molecular formula is C16H13BrFNS. The zero-order valence-corrected chi connectivity index (χ0v) is 13.3. The summed E-state index contributed by atoms with van der Waals surface area (Å²) < 4.78 is 15.9. The third-order valence-corrected chi connectivity index (χ3v) is 5.44. The molecule has 0 spiro atoms. The standard InChI is InChI=1S/C16H13BrFNS/c1-9-5-6-10(7-14(9)18)15(19)12-8-20-16-11(12)3-2-4-13(16)17/h2-8,15H,19H2,1H3. The molecule has 1 heterocycles. The highest BCUT2D eigenvalue weighted by molar-refractivity contribution is 9.10. The molecule has 0 amide bonds. The minimum atomic E-state index is -0.312.